The molecule has 0 bridgehead atoms. The average molecular weight is 276 g/mol. The number of benzene rings is 1. The molecule has 4 rings (SSSR count). The molecular formula is C19H20N2. The van der Waals surface area contributed by atoms with Crippen molar-refractivity contribution in [2.45, 2.75) is 19.3 Å². The van der Waals surface area contributed by atoms with Crippen molar-refractivity contribution in [3.8, 4) is 0 Å². The van der Waals surface area contributed by atoms with E-state index >= 15 is 0 Å². The molecule has 1 aromatic heterocycles. The molecule has 2 aliphatic rings. The highest BCUT2D eigenvalue weighted by molar-refractivity contribution is 5.69. The monoisotopic (exact) mass is 276 g/mol. The van der Waals surface area contributed by atoms with Crippen LogP contribution in [-0.4, -0.2) is 18.1 Å². The van der Waals surface area contributed by atoms with Gasteiger partial charge in [-0.05, 0) is 65.9 Å². The molecule has 0 radical (unpaired) electrons. The summed E-state index contributed by atoms with van der Waals surface area (Å²) < 4.78 is 0. The van der Waals surface area contributed by atoms with E-state index in [1.807, 2.05) is 6.20 Å². The lowest BCUT2D eigenvalue weighted by Gasteiger charge is -2.26. The maximum atomic E-state index is 4.76. The van der Waals surface area contributed by atoms with Gasteiger partial charge < -0.3 is 5.32 Å². The average Bonchev–Trinajstić information content (AvgIpc) is 2.72. The highest BCUT2D eigenvalue weighted by atomic mass is 14.9. The maximum Gasteiger partial charge on any atom is 0.0705 e. The number of hydrogen-bond acceptors (Lipinski definition) is 2. The lowest BCUT2D eigenvalue weighted by atomic mass is 9.85. The zero-order chi connectivity index (χ0) is 14.1. The molecule has 2 nitrogen and oxygen atoms in total. The van der Waals surface area contributed by atoms with Gasteiger partial charge in [-0.15, -0.1) is 0 Å². The fourth-order valence-electron chi connectivity index (χ4n) is 3.64. The Kier molecular flexibility index (Phi) is 3.32. The van der Waals surface area contributed by atoms with E-state index in [0.717, 1.165) is 19.5 Å². The summed E-state index contributed by atoms with van der Waals surface area (Å²) in [6.07, 6.45) is 7.69. The molecule has 1 aliphatic heterocycles. The van der Waals surface area contributed by atoms with Crippen molar-refractivity contribution in [2.24, 2.45) is 5.92 Å². The molecule has 2 aromatic rings. The van der Waals surface area contributed by atoms with Crippen molar-refractivity contribution in [2.75, 3.05) is 13.1 Å². The van der Waals surface area contributed by atoms with E-state index in [1.54, 1.807) is 0 Å². The van der Waals surface area contributed by atoms with Crippen LogP contribution < -0.4 is 15.8 Å². The van der Waals surface area contributed by atoms with Gasteiger partial charge in [-0.3, -0.25) is 4.98 Å². The largest absolute Gasteiger partial charge is 0.317 e. The summed E-state index contributed by atoms with van der Waals surface area (Å²) in [6.45, 7) is 2.23. The molecule has 2 heteroatoms. The summed E-state index contributed by atoms with van der Waals surface area (Å²) in [5, 5.41) is 6.23. The van der Waals surface area contributed by atoms with Gasteiger partial charge in [0.05, 0.1) is 5.69 Å². The van der Waals surface area contributed by atoms with Gasteiger partial charge in [-0.25, -0.2) is 0 Å². The Morgan fingerprint density at radius 1 is 1.00 bits per heavy atom. The predicted molar refractivity (Wildman–Crippen MR) is 86.2 cm³/mol. The smallest absolute Gasteiger partial charge is 0.0705 e. The molecule has 0 spiro atoms. The summed E-state index contributed by atoms with van der Waals surface area (Å²) in [4.78, 5) is 4.76. The van der Waals surface area contributed by atoms with Crippen LogP contribution in [0.25, 0.3) is 11.6 Å². The minimum atomic E-state index is 0.618. The van der Waals surface area contributed by atoms with E-state index in [9.17, 15) is 0 Å². The minimum Gasteiger partial charge on any atom is -0.317 e. The summed E-state index contributed by atoms with van der Waals surface area (Å²) in [7, 11) is 0. The number of aromatic nitrogens is 1. The molecule has 21 heavy (non-hydrogen) atoms. The number of nitrogens with zero attached hydrogens (tertiary/aromatic N) is 1. The molecule has 0 saturated carbocycles. The summed E-state index contributed by atoms with van der Waals surface area (Å²) in [6, 6.07) is 13.1. The van der Waals surface area contributed by atoms with Crippen LogP contribution in [0.5, 0.6) is 0 Å². The second-order valence-electron chi connectivity index (χ2n) is 5.94. The maximum absolute atomic E-state index is 4.76. The fourth-order valence-corrected chi connectivity index (χ4v) is 3.64. The predicted octanol–water partition coefficient (Wildman–Crippen LogP) is 1.62. The summed E-state index contributed by atoms with van der Waals surface area (Å²) in [5.41, 5.74) is 4.06. The Hall–Kier alpha value is -1.93. The first-order valence-corrected chi connectivity index (χ1v) is 7.88. The fraction of sp³-hybridized carbons (Fsp3) is 0.316. The van der Waals surface area contributed by atoms with E-state index in [4.69, 9.17) is 4.98 Å². The van der Waals surface area contributed by atoms with Crippen LogP contribution >= 0.6 is 0 Å². The number of pyridine rings is 1. The molecule has 0 unspecified atom stereocenters. The normalized spacial score (nSPS) is 18.4. The Labute approximate surface area is 125 Å². The van der Waals surface area contributed by atoms with E-state index in [2.05, 4.69) is 47.8 Å². The lowest BCUT2D eigenvalue weighted by molar-refractivity contribution is 0.445. The highest BCUT2D eigenvalue weighted by Crippen LogP contribution is 2.29. The molecule has 1 saturated heterocycles. The number of fused-ring (bicyclic) bond motifs is 2. The SMILES string of the molecule is C1=c2ccccc2=C(C2CCNCC2)c2ncccc2C1. The third-order valence-electron chi connectivity index (χ3n) is 4.69. The van der Waals surface area contributed by atoms with Crippen LogP contribution in [0.15, 0.2) is 42.6 Å². The van der Waals surface area contributed by atoms with Crippen molar-refractivity contribution < 1.29 is 0 Å². The topological polar surface area (TPSA) is 24.9 Å². The molecule has 1 N–H and O–H groups in total. The second kappa shape index (κ2) is 5.45. The van der Waals surface area contributed by atoms with E-state index in [1.165, 1.54) is 40.1 Å². The van der Waals surface area contributed by atoms with Crippen LogP contribution in [0.1, 0.15) is 24.1 Å². The number of piperidine rings is 1. The molecule has 2 heterocycles. The molecule has 0 amide bonds. The zero-order valence-corrected chi connectivity index (χ0v) is 12.2. The first kappa shape index (κ1) is 12.8. The van der Waals surface area contributed by atoms with Crippen LogP contribution in [-0.2, 0) is 6.42 Å². The summed E-state index contributed by atoms with van der Waals surface area (Å²) >= 11 is 0. The van der Waals surface area contributed by atoms with E-state index < -0.39 is 0 Å². The second-order valence-corrected chi connectivity index (χ2v) is 5.94. The Morgan fingerprint density at radius 3 is 2.76 bits per heavy atom. The van der Waals surface area contributed by atoms with Gasteiger partial charge in [0.2, 0.25) is 0 Å². The Morgan fingerprint density at radius 2 is 1.86 bits per heavy atom. The van der Waals surface area contributed by atoms with Gasteiger partial charge in [-0.2, -0.15) is 0 Å². The van der Waals surface area contributed by atoms with Crippen molar-refractivity contribution in [1.82, 2.24) is 10.3 Å². The first-order valence-electron chi connectivity index (χ1n) is 7.88. The molecular weight excluding hydrogens is 256 g/mol. The van der Waals surface area contributed by atoms with Crippen molar-refractivity contribution in [3.05, 3.63) is 64.3 Å². The van der Waals surface area contributed by atoms with Crippen LogP contribution in [0.2, 0.25) is 0 Å². The van der Waals surface area contributed by atoms with Crippen molar-refractivity contribution >= 4 is 11.6 Å². The standard InChI is InChI=1S/C19H20N2/c1-2-6-17-14(4-1)7-8-16-5-3-11-21-19(16)18(17)15-9-12-20-13-10-15/h1-7,11,15,20H,8-10,12-13H2. The van der Waals surface area contributed by atoms with Gasteiger partial charge in [-0.1, -0.05) is 36.4 Å². The van der Waals surface area contributed by atoms with Crippen LogP contribution in [0.3, 0.4) is 0 Å². The lowest BCUT2D eigenvalue weighted by Crippen LogP contribution is -2.34. The minimum absolute atomic E-state index is 0.618. The van der Waals surface area contributed by atoms with Gasteiger partial charge >= 0.3 is 0 Å². The third kappa shape index (κ3) is 2.30. The van der Waals surface area contributed by atoms with Crippen LogP contribution in [0, 0.1) is 5.92 Å². The van der Waals surface area contributed by atoms with E-state index in [0.29, 0.717) is 5.92 Å². The Bertz CT molecular complexity index is 770. The molecule has 1 fully saturated rings. The molecule has 1 aliphatic carbocycles. The quantitative estimate of drug-likeness (QED) is 0.856. The van der Waals surface area contributed by atoms with Crippen molar-refractivity contribution in [1.29, 1.82) is 0 Å². The van der Waals surface area contributed by atoms with Gasteiger partial charge in [0.1, 0.15) is 0 Å². The van der Waals surface area contributed by atoms with E-state index in [-0.39, 0.29) is 0 Å². The highest BCUT2D eigenvalue weighted by Gasteiger charge is 2.23. The third-order valence-corrected chi connectivity index (χ3v) is 4.69. The van der Waals surface area contributed by atoms with Gasteiger partial charge in [0.15, 0.2) is 0 Å². The molecule has 106 valence electrons. The zero-order valence-electron chi connectivity index (χ0n) is 12.2. The summed E-state index contributed by atoms with van der Waals surface area (Å²) in [5.74, 6) is 0.618. The number of hydrogen-bond donors (Lipinski definition) is 1. The number of nitrogens with one attached hydrogen (secondary N) is 1. The molecule has 1 aromatic carbocycles. The number of rotatable bonds is 1. The van der Waals surface area contributed by atoms with Gasteiger partial charge in [0.25, 0.3) is 0 Å². The Balaban J connectivity index is 2.02. The molecule has 0 atom stereocenters. The first-order chi connectivity index (χ1) is 10.4. The van der Waals surface area contributed by atoms with Crippen LogP contribution in [0.4, 0.5) is 0 Å². The van der Waals surface area contributed by atoms with Gasteiger partial charge in [0, 0.05) is 6.20 Å². The van der Waals surface area contributed by atoms with Crippen molar-refractivity contribution in [3.63, 3.8) is 0 Å².